The van der Waals surface area contributed by atoms with Gasteiger partial charge in [-0.3, -0.25) is 9.59 Å². The number of fused-ring (bicyclic) bond motifs is 1. The fraction of sp³-hybridized carbons (Fsp3) is 0.632. The van der Waals surface area contributed by atoms with Crippen LogP contribution in [-0.2, 0) is 22.4 Å². The molecule has 2 N–H and O–H groups in total. The van der Waals surface area contributed by atoms with Crippen molar-refractivity contribution in [2.75, 3.05) is 31.2 Å². The van der Waals surface area contributed by atoms with Gasteiger partial charge < -0.3 is 15.3 Å². The Morgan fingerprint density at radius 2 is 2.00 bits per heavy atom. The average molecular weight is 384 g/mol. The zero-order valence-corrected chi connectivity index (χ0v) is 17.3. The molecular weight excluding hydrogens is 350 g/mol. The van der Waals surface area contributed by atoms with Crippen LogP contribution < -0.4 is 5.32 Å². The third-order valence-electron chi connectivity index (χ3n) is 3.84. The van der Waals surface area contributed by atoms with Crippen molar-refractivity contribution in [2.24, 2.45) is 0 Å². The van der Waals surface area contributed by atoms with Crippen LogP contribution in [0.5, 0.6) is 0 Å². The Bertz CT molecular complexity index is 553. The second-order valence-electron chi connectivity index (χ2n) is 5.50. The third-order valence-corrected chi connectivity index (χ3v) is 3.84. The molecule has 0 unspecified atom stereocenters. The van der Waals surface area contributed by atoms with Gasteiger partial charge in [-0.15, -0.1) is 0 Å². The van der Waals surface area contributed by atoms with Crippen molar-refractivity contribution in [3.8, 4) is 0 Å². The summed E-state index contributed by atoms with van der Waals surface area (Å²) in [6.07, 6.45) is 5.66. The van der Waals surface area contributed by atoms with Gasteiger partial charge in [0.2, 0.25) is 5.91 Å². The molecular formula is C19H33N3O3S. The smallest absolute Gasteiger partial charge is 0.323 e. The van der Waals surface area contributed by atoms with Crippen LogP contribution in [0.4, 0.5) is 5.82 Å². The highest BCUT2D eigenvalue weighted by Crippen LogP contribution is 2.20. The lowest BCUT2D eigenvalue weighted by Gasteiger charge is -2.19. The van der Waals surface area contributed by atoms with Gasteiger partial charge in [0, 0.05) is 25.2 Å². The van der Waals surface area contributed by atoms with Crippen molar-refractivity contribution in [2.45, 2.75) is 52.9 Å². The van der Waals surface area contributed by atoms with Crippen LogP contribution in [-0.4, -0.2) is 52.8 Å². The Balaban J connectivity index is 0.00000146. The quantitative estimate of drug-likeness (QED) is 0.630. The maximum atomic E-state index is 12.0. The second-order valence-corrected chi connectivity index (χ2v) is 5.50. The largest absolute Gasteiger partial charge is 0.480 e. The number of nitrogens with one attached hydrogen (secondary N) is 1. The minimum atomic E-state index is -0.974. The number of anilines is 1. The van der Waals surface area contributed by atoms with Gasteiger partial charge >= 0.3 is 5.97 Å². The first kappa shape index (κ1) is 24.2. The molecule has 0 saturated carbocycles. The van der Waals surface area contributed by atoms with Crippen molar-refractivity contribution in [1.82, 2.24) is 9.88 Å². The lowest BCUT2D eigenvalue weighted by atomic mass is 10.1. The highest BCUT2D eigenvalue weighted by molar-refractivity contribution is 7.79. The molecule has 7 heteroatoms. The van der Waals surface area contributed by atoms with Gasteiger partial charge in [0.1, 0.15) is 12.4 Å². The number of thiol groups is 1. The lowest BCUT2D eigenvalue weighted by molar-refractivity contribution is -0.144. The van der Waals surface area contributed by atoms with Gasteiger partial charge in [-0.2, -0.15) is 12.6 Å². The summed E-state index contributed by atoms with van der Waals surface area (Å²) in [5, 5.41) is 12.1. The number of nitrogens with zero attached hydrogens (tertiary/aromatic N) is 2. The molecule has 1 amide bonds. The summed E-state index contributed by atoms with van der Waals surface area (Å²) in [5.41, 5.74) is 2.23. The van der Waals surface area contributed by atoms with Crippen LogP contribution in [0, 0.1) is 0 Å². The van der Waals surface area contributed by atoms with Gasteiger partial charge in [-0.25, -0.2) is 4.98 Å². The first-order valence-electron chi connectivity index (χ1n) is 9.27. The summed E-state index contributed by atoms with van der Waals surface area (Å²) in [6, 6.07) is 4.12. The molecule has 0 aliphatic carbocycles. The normalized spacial score (nSPS) is 11.6. The molecule has 1 aromatic rings. The SMILES string of the molecule is CC.CCN(CC(=O)O)C(=O)CCCc1ccc2c(n1)NCCC2.CS. The molecule has 1 aliphatic rings. The summed E-state index contributed by atoms with van der Waals surface area (Å²) in [4.78, 5) is 28.6. The number of likely N-dealkylation sites (N-methyl/N-ethyl adjacent to an activating group) is 1. The summed E-state index contributed by atoms with van der Waals surface area (Å²) >= 11 is 3.53. The number of hydrogen-bond acceptors (Lipinski definition) is 5. The molecule has 0 saturated heterocycles. The average Bonchev–Trinajstić information content (AvgIpc) is 2.69. The maximum absolute atomic E-state index is 12.0. The molecule has 1 aromatic heterocycles. The molecule has 0 bridgehead atoms. The zero-order chi connectivity index (χ0) is 19.9. The van der Waals surface area contributed by atoms with E-state index in [0.717, 1.165) is 37.3 Å². The van der Waals surface area contributed by atoms with Crippen molar-refractivity contribution >= 4 is 30.3 Å². The van der Waals surface area contributed by atoms with Crippen LogP contribution in [0.1, 0.15) is 51.3 Å². The summed E-state index contributed by atoms with van der Waals surface area (Å²) in [7, 11) is 0. The van der Waals surface area contributed by atoms with E-state index in [1.165, 1.54) is 10.5 Å². The lowest BCUT2D eigenvalue weighted by Crippen LogP contribution is -2.35. The minimum Gasteiger partial charge on any atom is -0.480 e. The van der Waals surface area contributed by atoms with Gasteiger partial charge in [-0.05, 0) is 50.5 Å². The molecule has 0 aromatic carbocycles. The van der Waals surface area contributed by atoms with E-state index in [1.807, 2.05) is 19.9 Å². The fourth-order valence-electron chi connectivity index (χ4n) is 2.63. The van der Waals surface area contributed by atoms with E-state index in [4.69, 9.17) is 5.11 Å². The van der Waals surface area contributed by atoms with E-state index in [2.05, 4.69) is 29.0 Å². The number of carboxylic acids is 1. The van der Waals surface area contributed by atoms with Gasteiger partial charge in [0.05, 0.1) is 0 Å². The Morgan fingerprint density at radius 3 is 2.62 bits per heavy atom. The van der Waals surface area contributed by atoms with E-state index < -0.39 is 5.97 Å². The number of aliphatic carboxylic acids is 1. The summed E-state index contributed by atoms with van der Waals surface area (Å²) in [6.45, 7) is 6.95. The first-order valence-corrected chi connectivity index (χ1v) is 10.2. The number of aromatic nitrogens is 1. The number of hydrogen-bond donors (Lipinski definition) is 3. The third kappa shape index (κ3) is 8.56. The topological polar surface area (TPSA) is 82.5 Å². The Hall–Kier alpha value is -1.76. The Kier molecular flexibility index (Phi) is 13.4. The molecule has 6 nitrogen and oxygen atoms in total. The van der Waals surface area contributed by atoms with Crippen LogP contribution in [0.3, 0.4) is 0 Å². The van der Waals surface area contributed by atoms with E-state index in [0.29, 0.717) is 19.4 Å². The maximum Gasteiger partial charge on any atom is 0.323 e. The van der Waals surface area contributed by atoms with Crippen molar-refractivity contribution in [3.05, 3.63) is 23.4 Å². The second kappa shape index (κ2) is 14.4. The number of carbonyl (C=O) groups excluding carboxylic acids is 1. The zero-order valence-electron chi connectivity index (χ0n) is 16.4. The van der Waals surface area contributed by atoms with Crippen molar-refractivity contribution in [1.29, 1.82) is 0 Å². The van der Waals surface area contributed by atoms with Crippen LogP contribution in [0.15, 0.2) is 12.1 Å². The van der Waals surface area contributed by atoms with Gasteiger partial charge in [0.15, 0.2) is 0 Å². The number of carbonyl (C=O) groups is 2. The summed E-state index contributed by atoms with van der Waals surface area (Å²) < 4.78 is 0. The Morgan fingerprint density at radius 1 is 1.31 bits per heavy atom. The highest BCUT2D eigenvalue weighted by atomic mass is 32.1. The summed E-state index contributed by atoms with van der Waals surface area (Å²) in [5.74, 6) is -0.116. The van der Waals surface area contributed by atoms with Crippen LogP contribution >= 0.6 is 12.6 Å². The number of carboxylic acid groups (broad SMARTS) is 1. The molecule has 0 atom stereocenters. The minimum absolute atomic E-state index is 0.110. The molecule has 1 aliphatic heterocycles. The van der Waals surface area contributed by atoms with E-state index in [-0.39, 0.29) is 12.5 Å². The van der Waals surface area contributed by atoms with Crippen molar-refractivity contribution in [3.63, 3.8) is 0 Å². The first-order chi connectivity index (χ1) is 12.6. The van der Waals surface area contributed by atoms with Gasteiger partial charge in [-0.1, -0.05) is 19.9 Å². The molecule has 2 rings (SSSR count). The number of aryl methyl sites for hydroxylation is 2. The van der Waals surface area contributed by atoms with Crippen LogP contribution in [0.2, 0.25) is 0 Å². The molecule has 148 valence electrons. The number of amides is 1. The highest BCUT2D eigenvalue weighted by Gasteiger charge is 2.15. The van der Waals surface area contributed by atoms with Gasteiger partial charge in [0.25, 0.3) is 0 Å². The predicted octanol–water partition coefficient (Wildman–Crippen LogP) is 3.27. The van der Waals surface area contributed by atoms with Crippen molar-refractivity contribution < 1.29 is 14.7 Å². The Labute approximate surface area is 162 Å². The fourth-order valence-corrected chi connectivity index (χ4v) is 2.63. The van der Waals surface area contributed by atoms with E-state index >= 15 is 0 Å². The predicted molar refractivity (Wildman–Crippen MR) is 110 cm³/mol. The van der Waals surface area contributed by atoms with E-state index in [9.17, 15) is 9.59 Å². The monoisotopic (exact) mass is 383 g/mol. The number of rotatable bonds is 7. The molecule has 0 fully saturated rings. The molecule has 0 radical (unpaired) electrons. The standard InChI is InChI=1S/C16H23N3O3.C2H6.CH4S/c1-2-19(11-15(21)22)14(20)7-3-6-13-9-8-12-5-4-10-17-16(12)18-13;2*1-2/h8-9H,2-7,10-11H2,1H3,(H,17,18)(H,21,22);1-2H3;2H,1H3. The molecule has 2 heterocycles. The molecule has 26 heavy (non-hydrogen) atoms. The van der Waals surface area contributed by atoms with Crippen LogP contribution in [0.25, 0.3) is 0 Å². The molecule has 0 spiro atoms. The van der Waals surface area contributed by atoms with E-state index in [1.54, 1.807) is 13.2 Å². The number of pyridine rings is 1.